The van der Waals surface area contributed by atoms with Crippen LogP contribution in [-0.2, 0) is 0 Å². The van der Waals surface area contributed by atoms with Gasteiger partial charge >= 0.3 is 0 Å². The second-order valence-electron chi connectivity index (χ2n) is 4.33. The molecular formula is C15H18O. The molecule has 1 rings (SSSR count). The fourth-order valence-corrected chi connectivity index (χ4v) is 1.47. The zero-order valence-corrected chi connectivity index (χ0v) is 10.4. The van der Waals surface area contributed by atoms with E-state index in [4.69, 9.17) is 0 Å². The molecule has 0 aliphatic rings. The Morgan fingerprint density at radius 1 is 1.00 bits per heavy atom. The smallest absolute Gasteiger partial charge is 0.192 e. The van der Waals surface area contributed by atoms with Gasteiger partial charge in [-0.2, -0.15) is 0 Å². The Morgan fingerprint density at radius 3 is 2.00 bits per heavy atom. The highest BCUT2D eigenvalue weighted by atomic mass is 16.1. The highest BCUT2D eigenvalue weighted by Gasteiger charge is 2.10. The molecule has 0 saturated carbocycles. The SMILES string of the molecule is CC(C)=CC(C(=O)c1ccccc1)=C(C)C. The molecule has 0 radical (unpaired) electrons. The Balaban J connectivity index is 3.14. The third-order valence-corrected chi connectivity index (χ3v) is 2.25. The van der Waals surface area contributed by atoms with Crippen LogP contribution in [0.5, 0.6) is 0 Å². The van der Waals surface area contributed by atoms with Gasteiger partial charge in [-0.3, -0.25) is 4.79 Å². The van der Waals surface area contributed by atoms with Crippen LogP contribution in [0, 0.1) is 0 Å². The fourth-order valence-electron chi connectivity index (χ4n) is 1.47. The van der Waals surface area contributed by atoms with E-state index in [-0.39, 0.29) is 5.78 Å². The highest BCUT2D eigenvalue weighted by Crippen LogP contribution is 2.15. The van der Waals surface area contributed by atoms with E-state index in [9.17, 15) is 4.79 Å². The molecule has 0 aliphatic heterocycles. The van der Waals surface area contributed by atoms with Crippen molar-refractivity contribution in [1.29, 1.82) is 0 Å². The number of hydrogen-bond donors (Lipinski definition) is 0. The third-order valence-electron chi connectivity index (χ3n) is 2.25. The summed E-state index contributed by atoms with van der Waals surface area (Å²) >= 11 is 0. The van der Waals surface area contributed by atoms with E-state index in [1.54, 1.807) is 0 Å². The maximum atomic E-state index is 12.2. The molecule has 0 bridgehead atoms. The van der Waals surface area contributed by atoms with Crippen LogP contribution in [-0.4, -0.2) is 5.78 Å². The molecule has 84 valence electrons. The normalized spacial score (nSPS) is 9.50. The lowest BCUT2D eigenvalue weighted by atomic mass is 9.98. The summed E-state index contributed by atoms with van der Waals surface area (Å²) in [6.07, 6.45) is 1.95. The van der Waals surface area contributed by atoms with Crippen LogP contribution in [0.15, 0.2) is 53.1 Å². The minimum absolute atomic E-state index is 0.0989. The summed E-state index contributed by atoms with van der Waals surface area (Å²) < 4.78 is 0. The average Bonchev–Trinajstić information content (AvgIpc) is 2.25. The van der Waals surface area contributed by atoms with Gasteiger partial charge in [-0.1, -0.05) is 47.6 Å². The molecule has 0 N–H and O–H groups in total. The summed E-state index contributed by atoms with van der Waals surface area (Å²) in [5, 5.41) is 0. The summed E-state index contributed by atoms with van der Waals surface area (Å²) in [5.41, 5.74) is 3.73. The maximum Gasteiger partial charge on any atom is 0.192 e. The van der Waals surface area contributed by atoms with E-state index >= 15 is 0 Å². The van der Waals surface area contributed by atoms with Crippen LogP contribution < -0.4 is 0 Å². The second kappa shape index (κ2) is 5.45. The van der Waals surface area contributed by atoms with E-state index < -0.39 is 0 Å². The molecule has 1 nitrogen and oxygen atoms in total. The first-order valence-corrected chi connectivity index (χ1v) is 5.44. The van der Waals surface area contributed by atoms with Crippen molar-refractivity contribution in [3.63, 3.8) is 0 Å². The zero-order valence-electron chi connectivity index (χ0n) is 10.4. The molecule has 1 aromatic carbocycles. The van der Waals surface area contributed by atoms with E-state index in [0.717, 1.165) is 22.3 Å². The van der Waals surface area contributed by atoms with Crippen LogP contribution in [0.3, 0.4) is 0 Å². The van der Waals surface area contributed by atoms with Crippen LogP contribution >= 0.6 is 0 Å². The van der Waals surface area contributed by atoms with Gasteiger partial charge in [-0.05, 0) is 27.7 Å². The van der Waals surface area contributed by atoms with Crippen molar-refractivity contribution in [2.45, 2.75) is 27.7 Å². The Bertz CT molecular complexity index is 428. The van der Waals surface area contributed by atoms with Gasteiger partial charge in [0, 0.05) is 11.1 Å². The van der Waals surface area contributed by atoms with Gasteiger partial charge in [0.2, 0.25) is 0 Å². The minimum atomic E-state index is 0.0989. The average molecular weight is 214 g/mol. The molecule has 0 aromatic heterocycles. The standard InChI is InChI=1S/C15H18O/c1-11(2)10-14(12(3)4)15(16)13-8-6-5-7-9-13/h5-10H,1-4H3. The molecule has 0 amide bonds. The number of carbonyl (C=O) groups is 1. The Labute approximate surface area is 97.5 Å². The number of ketones is 1. The lowest BCUT2D eigenvalue weighted by molar-refractivity contribution is 0.103. The summed E-state index contributed by atoms with van der Waals surface area (Å²) in [6.45, 7) is 7.94. The molecule has 0 spiro atoms. The number of benzene rings is 1. The molecule has 0 unspecified atom stereocenters. The summed E-state index contributed by atoms with van der Waals surface area (Å²) in [4.78, 5) is 12.2. The number of Topliss-reactive ketones (excluding diaryl/α,β-unsaturated/α-hetero) is 1. The van der Waals surface area contributed by atoms with Crippen LogP contribution in [0.4, 0.5) is 0 Å². The monoisotopic (exact) mass is 214 g/mol. The molecular weight excluding hydrogens is 196 g/mol. The van der Waals surface area contributed by atoms with Crippen molar-refractivity contribution in [2.75, 3.05) is 0 Å². The number of carbonyl (C=O) groups excluding carboxylic acids is 1. The lowest BCUT2D eigenvalue weighted by Gasteiger charge is -2.05. The summed E-state index contributed by atoms with van der Waals surface area (Å²) in [7, 11) is 0. The molecule has 0 heterocycles. The third kappa shape index (κ3) is 3.20. The summed E-state index contributed by atoms with van der Waals surface area (Å²) in [6, 6.07) is 9.39. The molecule has 1 aromatic rings. The number of hydrogen-bond acceptors (Lipinski definition) is 1. The van der Waals surface area contributed by atoms with Crippen LogP contribution in [0.25, 0.3) is 0 Å². The van der Waals surface area contributed by atoms with Crippen LogP contribution in [0.2, 0.25) is 0 Å². The first-order valence-electron chi connectivity index (χ1n) is 5.44. The van der Waals surface area contributed by atoms with Crippen molar-refractivity contribution >= 4 is 5.78 Å². The van der Waals surface area contributed by atoms with E-state index in [0.29, 0.717) is 0 Å². The minimum Gasteiger partial charge on any atom is -0.289 e. The van der Waals surface area contributed by atoms with Crippen molar-refractivity contribution < 1.29 is 4.79 Å². The topological polar surface area (TPSA) is 17.1 Å². The van der Waals surface area contributed by atoms with Crippen molar-refractivity contribution in [2.24, 2.45) is 0 Å². The van der Waals surface area contributed by atoms with Crippen molar-refractivity contribution in [3.8, 4) is 0 Å². The Morgan fingerprint density at radius 2 is 1.56 bits per heavy atom. The fraction of sp³-hybridized carbons (Fsp3) is 0.267. The lowest BCUT2D eigenvalue weighted by Crippen LogP contribution is -2.03. The van der Waals surface area contributed by atoms with Gasteiger partial charge in [-0.15, -0.1) is 0 Å². The molecule has 0 saturated heterocycles. The predicted molar refractivity (Wildman–Crippen MR) is 68.6 cm³/mol. The first kappa shape index (κ1) is 12.4. The molecule has 0 aliphatic carbocycles. The Kier molecular flexibility index (Phi) is 4.24. The van der Waals surface area contributed by atoms with Gasteiger partial charge in [-0.25, -0.2) is 0 Å². The number of allylic oxidation sites excluding steroid dienone is 4. The number of rotatable bonds is 3. The molecule has 16 heavy (non-hydrogen) atoms. The Hall–Kier alpha value is -1.63. The van der Waals surface area contributed by atoms with Crippen molar-refractivity contribution in [3.05, 3.63) is 58.7 Å². The van der Waals surface area contributed by atoms with Crippen LogP contribution in [0.1, 0.15) is 38.1 Å². The maximum absolute atomic E-state index is 12.2. The molecule has 0 fully saturated rings. The quantitative estimate of drug-likeness (QED) is 0.419. The summed E-state index contributed by atoms with van der Waals surface area (Å²) in [5.74, 6) is 0.0989. The molecule has 0 atom stereocenters. The van der Waals surface area contributed by atoms with Gasteiger partial charge in [0.15, 0.2) is 5.78 Å². The van der Waals surface area contributed by atoms with Gasteiger partial charge in [0.05, 0.1) is 0 Å². The first-order chi connectivity index (χ1) is 7.52. The van der Waals surface area contributed by atoms with Crippen molar-refractivity contribution in [1.82, 2.24) is 0 Å². The molecule has 1 heteroatoms. The zero-order chi connectivity index (χ0) is 12.1. The second-order valence-corrected chi connectivity index (χ2v) is 4.33. The van der Waals surface area contributed by atoms with E-state index in [2.05, 4.69) is 0 Å². The largest absolute Gasteiger partial charge is 0.289 e. The van der Waals surface area contributed by atoms with Gasteiger partial charge in [0.25, 0.3) is 0 Å². The van der Waals surface area contributed by atoms with Gasteiger partial charge < -0.3 is 0 Å². The van der Waals surface area contributed by atoms with E-state index in [1.807, 2.05) is 64.1 Å². The highest BCUT2D eigenvalue weighted by molar-refractivity contribution is 6.11. The van der Waals surface area contributed by atoms with E-state index in [1.165, 1.54) is 0 Å². The predicted octanol–water partition coefficient (Wildman–Crippen LogP) is 4.17. The van der Waals surface area contributed by atoms with Gasteiger partial charge in [0.1, 0.15) is 0 Å².